The monoisotopic (exact) mass is 362 g/mol. The molecule has 8 nitrogen and oxygen atoms in total. The number of aliphatic hydroxyl groups excluding tert-OH is 3. The second kappa shape index (κ2) is 7.01. The van der Waals surface area contributed by atoms with Crippen LogP contribution in [0.15, 0.2) is 0 Å². The van der Waals surface area contributed by atoms with Gasteiger partial charge < -0.3 is 39.0 Å². The van der Waals surface area contributed by atoms with Crippen LogP contribution in [0.1, 0.15) is 34.1 Å². The van der Waals surface area contributed by atoms with Crippen LogP contribution in [-0.4, -0.2) is 83.8 Å². The Hall–Kier alpha value is -0.320. The van der Waals surface area contributed by atoms with Crippen molar-refractivity contribution < 1.29 is 39.0 Å². The van der Waals surface area contributed by atoms with E-state index in [9.17, 15) is 15.3 Å². The largest absolute Gasteiger partial charge is 0.387 e. The third-order valence-corrected chi connectivity index (χ3v) is 4.84. The van der Waals surface area contributed by atoms with E-state index in [1.54, 1.807) is 13.8 Å². The van der Waals surface area contributed by atoms with Crippen LogP contribution >= 0.6 is 0 Å². The van der Waals surface area contributed by atoms with Crippen molar-refractivity contribution in [2.24, 2.45) is 5.41 Å². The van der Waals surface area contributed by atoms with Crippen molar-refractivity contribution in [2.45, 2.75) is 82.8 Å². The topological polar surface area (TPSA) is 107 Å². The number of aliphatic hydroxyl groups is 3. The van der Waals surface area contributed by atoms with Gasteiger partial charge in [0.15, 0.2) is 12.1 Å². The zero-order valence-corrected chi connectivity index (χ0v) is 15.3. The van der Waals surface area contributed by atoms with Crippen molar-refractivity contribution in [3.05, 3.63) is 0 Å². The second-order valence-electron chi connectivity index (χ2n) is 8.38. The van der Waals surface area contributed by atoms with Gasteiger partial charge in [0.1, 0.15) is 36.6 Å². The number of rotatable bonds is 4. The molecule has 2 aliphatic heterocycles. The Morgan fingerprint density at radius 1 is 0.880 bits per heavy atom. The quantitative estimate of drug-likeness (QED) is 0.630. The van der Waals surface area contributed by atoms with Gasteiger partial charge in [0.2, 0.25) is 0 Å². The average molecular weight is 362 g/mol. The van der Waals surface area contributed by atoms with E-state index in [0.717, 1.165) is 0 Å². The highest BCUT2D eigenvalue weighted by Crippen LogP contribution is 2.38. The second-order valence-corrected chi connectivity index (χ2v) is 8.38. The van der Waals surface area contributed by atoms with Crippen LogP contribution in [-0.2, 0) is 23.7 Å². The Labute approximate surface area is 148 Å². The molecule has 3 aliphatic rings. The van der Waals surface area contributed by atoms with Crippen LogP contribution in [0.3, 0.4) is 0 Å². The van der Waals surface area contributed by atoms with Crippen molar-refractivity contribution in [1.29, 1.82) is 0 Å². The number of hydrogen-bond acceptors (Lipinski definition) is 8. The lowest BCUT2D eigenvalue weighted by atomic mass is 9.85. The highest BCUT2D eigenvalue weighted by molar-refractivity contribution is 5.04. The van der Waals surface area contributed by atoms with E-state index >= 15 is 0 Å². The standard InChI is InChI=1S/C17H30O8/c1-16(2)7-22-9(23-8-16)5-6-21-13-10(18)11(19)14-15(12(13)20)25-17(3,4)24-14/h9-15,18-20H,5-8H2,1-4H3/t10-,11-,12-,13+,14+,15-/m0/s1. The summed E-state index contributed by atoms with van der Waals surface area (Å²) in [5.41, 5.74) is -0.00114. The van der Waals surface area contributed by atoms with E-state index < -0.39 is 42.4 Å². The molecule has 3 fully saturated rings. The summed E-state index contributed by atoms with van der Waals surface area (Å²) in [7, 11) is 0. The van der Waals surface area contributed by atoms with Gasteiger partial charge in [-0.3, -0.25) is 0 Å². The lowest BCUT2D eigenvalue weighted by Gasteiger charge is -2.41. The lowest BCUT2D eigenvalue weighted by Crippen LogP contribution is -2.63. The molecule has 0 unspecified atom stereocenters. The van der Waals surface area contributed by atoms with E-state index in [-0.39, 0.29) is 18.3 Å². The Kier molecular flexibility index (Phi) is 5.45. The van der Waals surface area contributed by atoms with Crippen molar-refractivity contribution in [1.82, 2.24) is 0 Å². The van der Waals surface area contributed by atoms with Gasteiger partial charge in [-0.1, -0.05) is 13.8 Å². The maximum Gasteiger partial charge on any atom is 0.164 e. The van der Waals surface area contributed by atoms with Gasteiger partial charge >= 0.3 is 0 Å². The molecule has 25 heavy (non-hydrogen) atoms. The fraction of sp³-hybridized carbons (Fsp3) is 1.00. The van der Waals surface area contributed by atoms with Crippen molar-refractivity contribution >= 4 is 0 Å². The third-order valence-electron chi connectivity index (χ3n) is 4.84. The summed E-state index contributed by atoms with van der Waals surface area (Å²) in [6, 6.07) is 0. The van der Waals surface area contributed by atoms with Gasteiger partial charge in [-0.2, -0.15) is 0 Å². The molecule has 3 rings (SSSR count). The normalized spacial score (nSPS) is 43.8. The van der Waals surface area contributed by atoms with Crippen LogP contribution in [0.2, 0.25) is 0 Å². The van der Waals surface area contributed by atoms with Crippen molar-refractivity contribution in [2.75, 3.05) is 19.8 Å². The first kappa shape index (κ1) is 19.4. The molecule has 6 atom stereocenters. The molecule has 0 aromatic carbocycles. The summed E-state index contributed by atoms with van der Waals surface area (Å²) in [4.78, 5) is 0. The third kappa shape index (κ3) is 4.17. The Balaban J connectivity index is 1.52. The summed E-state index contributed by atoms with van der Waals surface area (Å²) >= 11 is 0. The summed E-state index contributed by atoms with van der Waals surface area (Å²) < 4.78 is 28.2. The van der Waals surface area contributed by atoms with Crippen LogP contribution in [0.25, 0.3) is 0 Å². The number of hydrogen-bond donors (Lipinski definition) is 3. The van der Waals surface area contributed by atoms with Gasteiger partial charge in [0.05, 0.1) is 19.8 Å². The molecular formula is C17H30O8. The fourth-order valence-corrected chi connectivity index (χ4v) is 3.51. The average Bonchev–Trinajstić information content (AvgIpc) is 2.86. The molecule has 2 heterocycles. The summed E-state index contributed by atoms with van der Waals surface area (Å²) in [5.74, 6) is -0.928. The van der Waals surface area contributed by atoms with E-state index in [2.05, 4.69) is 13.8 Å². The van der Waals surface area contributed by atoms with E-state index in [4.69, 9.17) is 23.7 Å². The zero-order valence-electron chi connectivity index (χ0n) is 15.3. The number of ether oxygens (including phenoxy) is 5. The Morgan fingerprint density at radius 3 is 2.04 bits per heavy atom. The summed E-state index contributed by atoms with van der Waals surface area (Å²) in [6.45, 7) is 8.97. The lowest BCUT2D eigenvalue weighted by molar-refractivity contribution is -0.239. The van der Waals surface area contributed by atoms with Gasteiger partial charge in [-0.15, -0.1) is 0 Å². The maximum atomic E-state index is 10.5. The minimum atomic E-state index is -1.26. The molecule has 0 radical (unpaired) electrons. The minimum absolute atomic E-state index is 0.00114. The van der Waals surface area contributed by atoms with E-state index in [0.29, 0.717) is 19.6 Å². The van der Waals surface area contributed by atoms with Crippen LogP contribution < -0.4 is 0 Å². The molecule has 8 heteroatoms. The molecule has 0 spiro atoms. The SMILES string of the molecule is CC1(C)COC(CCO[C@@H]2[C@@H](O)[C@H](O)[C@H]3OC(C)(C)O[C@H]3[C@H]2O)OC1. The van der Waals surface area contributed by atoms with E-state index in [1.807, 2.05) is 0 Å². The highest BCUT2D eigenvalue weighted by Gasteiger charge is 2.57. The van der Waals surface area contributed by atoms with E-state index in [1.165, 1.54) is 0 Å². The maximum absolute atomic E-state index is 10.5. The molecule has 146 valence electrons. The Morgan fingerprint density at radius 2 is 1.44 bits per heavy atom. The van der Waals surface area contributed by atoms with Crippen LogP contribution in [0, 0.1) is 5.41 Å². The predicted octanol–water partition coefficient (Wildman–Crippen LogP) is -0.223. The van der Waals surface area contributed by atoms with Gasteiger partial charge in [-0.25, -0.2) is 0 Å². The fourth-order valence-electron chi connectivity index (χ4n) is 3.51. The Bertz CT molecular complexity index is 458. The molecule has 0 amide bonds. The molecular weight excluding hydrogens is 332 g/mol. The van der Waals surface area contributed by atoms with Crippen LogP contribution in [0.4, 0.5) is 0 Å². The highest BCUT2D eigenvalue weighted by atomic mass is 16.8. The minimum Gasteiger partial charge on any atom is -0.387 e. The van der Waals surface area contributed by atoms with Crippen molar-refractivity contribution in [3.8, 4) is 0 Å². The number of fused-ring (bicyclic) bond motifs is 1. The van der Waals surface area contributed by atoms with Gasteiger partial charge in [-0.05, 0) is 13.8 Å². The predicted molar refractivity (Wildman–Crippen MR) is 85.7 cm³/mol. The molecule has 1 aliphatic carbocycles. The van der Waals surface area contributed by atoms with Gasteiger partial charge in [0, 0.05) is 11.8 Å². The molecule has 3 N–H and O–H groups in total. The van der Waals surface area contributed by atoms with Crippen molar-refractivity contribution in [3.63, 3.8) is 0 Å². The summed E-state index contributed by atoms with van der Waals surface area (Å²) in [5, 5.41) is 31.1. The molecule has 2 saturated heterocycles. The molecule has 0 aromatic heterocycles. The summed E-state index contributed by atoms with van der Waals surface area (Å²) in [6.07, 6.45) is -5.95. The first-order chi connectivity index (χ1) is 11.6. The first-order valence-corrected chi connectivity index (χ1v) is 8.84. The van der Waals surface area contributed by atoms with Gasteiger partial charge in [0.25, 0.3) is 0 Å². The molecule has 0 bridgehead atoms. The van der Waals surface area contributed by atoms with Crippen LogP contribution in [0.5, 0.6) is 0 Å². The molecule has 0 aromatic rings. The molecule has 1 saturated carbocycles. The zero-order chi connectivity index (χ0) is 18.4. The smallest absolute Gasteiger partial charge is 0.164 e. The first-order valence-electron chi connectivity index (χ1n) is 8.84.